The van der Waals surface area contributed by atoms with Crippen LogP contribution in [0.3, 0.4) is 0 Å². The Bertz CT molecular complexity index is 1170. The predicted molar refractivity (Wildman–Crippen MR) is 107 cm³/mol. The van der Waals surface area contributed by atoms with Crippen molar-refractivity contribution in [3.63, 3.8) is 0 Å². The fraction of sp³-hybridized carbons (Fsp3) is 0.250. The minimum atomic E-state index is -4.61. The van der Waals surface area contributed by atoms with Crippen molar-refractivity contribution < 1.29 is 41.4 Å². The fourth-order valence-electron chi connectivity index (χ4n) is 2.91. The standard InChI is InChI=1S/C20H16F5N3O4S/c1-9(10-3-5-11(6-4-10)19(30)31)26-17(29)14-15(16(21)22)27-28(2)18(14)32-12-7-13(33-8-12)20(23,24)25/h3-9,16H,1-2H3,(H,26,29)(H,30,31)/t9-/m0/s1. The molecular formula is C20H16F5N3O4S. The first-order valence-electron chi connectivity index (χ1n) is 9.21. The van der Waals surface area contributed by atoms with E-state index in [2.05, 4.69) is 10.4 Å². The number of nitrogens with one attached hydrogen (secondary N) is 1. The van der Waals surface area contributed by atoms with E-state index in [0.717, 1.165) is 10.1 Å². The topological polar surface area (TPSA) is 93.5 Å². The van der Waals surface area contributed by atoms with Gasteiger partial charge in [0.05, 0.1) is 11.6 Å². The predicted octanol–water partition coefficient (Wildman–Crippen LogP) is 5.42. The molecule has 1 aromatic carbocycles. The number of halogens is 5. The van der Waals surface area contributed by atoms with Gasteiger partial charge in [0.25, 0.3) is 12.3 Å². The summed E-state index contributed by atoms with van der Waals surface area (Å²) in [7, 11) is 1.21. The minimum absolute atomic E-state index is 0.0224. The Morgan fingerprint density at radius 2 is 1.85 bits per heavy atom. The largest absolute Gasteiger partial charge is 0.478 e. The molecule has 0 saturated carbocycles. The lowest BCUT2D eigenvalue weighted by atomic mass is 10.1. The number of amides is 1. The second-order valence-corrected chi connectivity index (χ2v) is 7.77. The average Bonchev–Trinajstić information content (AvgIpc) is 3.33. The zero-order chi connectivity index (χ0) is 24.5. The summed E-state index contributed by atoms with van der Waals surface area (Å²) in [6.45, 7) is 1.54. The number of carbonyl (C=O) groups excluding carboxylic acids is 1. The Balaban J connectivity index is 1.89. The van der Waals surface area contributed by atoms with Crippen LogP contribution < -0.4 is 10.1 Å². The highest BCUT2D eigenvalue weighted by Crippen LogP contribution is 2.39. The lowest BCUT2D eigenvalue weighted by molar-refractivity contribution is -0.134. The monoisotopic (exact) mass is 489 g/mol. The number of alkyl halides is 5. The number of carbonyl (C=O) groups is 2. The number of nitrogens with zero attached hydrogens (tertiary/aromatic N) is 2. The molecule has 0 aliphatic heterocycles. The second kappa shape index (κ2) is 9.17. The third-order valence-electron chi connectivity index (χ3n) is 4.53. The molecule has 0 aliphatic carbocycles. The highest BCUT2D eigenvalue weighted by molar-refractivity contribution is 7.10. The smallest absolute Gasteiger partial charge is 0.425 e. The van der Waals surface area contributed by atoms with Gasteiger partial charge in [-0.25, -0.2) is 18.3 Å². The molecule has 0 fully saturated rings. The Morgan fingerprint density at radius 1 is 1.21 bits per heavy atom. The van der Waals surface area contributed by atoms with Gasteiger partial charge in [-0.1, -0.05) is 12.1 Å². The van der Waals surface area contributed by atoms with Crippen molar-refractivity contribution in [1.29, 1.82) is 0 Å². The Morgan fingerprint density at radius 3 is 2.36 bits per heavy atom. The molecule has 1 atom stereocenters. The molecule has 0 spiro atoms. The maximum Gasteiger partial charge on any atom is 0.425 e. The van der Waals surface area contributed by atoms with E-state index in [4.69, 9.17) is 9.84 Å². The van der Waals surface area contributed by atoms with Crippen LogP contribution in [0.25, 0.3) is 0 Å². The number of carboxylic acid groups (broad SMARTS) is 1. The van der Waals surface area contributed by atoms with Crippen LogP contribution >= 0.6 is 11.3 Å². The van der Waals surface area contributed by atoms with Crippen LogP contribution in [0, 0.1) is 0 Å². The molecule has 0 bridgehead atoms. The quantitative estimate of drug-likeness (QED) is 0.433. The van der Waals surface area contributed by atoms with Crippen LogP contribution in [0.1, 0.15) is 56.2 Å². The van der Waals surface area contributed by atoms with Crippen molar-refractivity contribution in [2.75, 3.05) is 0 Å². The number of carboxylic acids is 1. The summed E-state index contributed by atoms with van der Waals surface area (Å²) >= 11 is 0.350. The maximum absolute atomic E-state index is 13.5. The van der Waals surface area contributed by atoms with Gasteiger partial charge in [-0.2, -0.15) is 18.3 Å². The molecule has 13 heteroatoms. The lowest BCUT2D eigenvalue weighted by Gasteiger charge is -2.15. The van der Waals surface area contributed by atoms with Crippen molar-refractivity contribution in [3.8, 4) is 11.6 Å². The zero-order valence-corrected chi connectivity index (χ0v) is 17.8. The molecule has 0 aliphatic rings. The van der Waals surface area contributed by atoms with Gasteiger partial charge >= 0.3 is 12.1 Å². The van der Waals surface area contributed by atoms with Crippen LogP contribution in [0.15, 0.2) is 35.7 Å². The molecular weight excluding hydrogens is 473 g/mol. The number of aromatic nitrogens is 2. The molecule has 3 rings (SSSR count). The van der Waals surface area contributed by atoms with Crippen molar-refractivity contribution in [3.05, 3.63) is 63.0 Å². The van der Waals surface area contributed by atoms with Crippen LogP contribution in [0.2, 0.25) is 0 Å². The van der Waals surface area contributed by atoms with E-state index >= 15 is 0 Å². The fourth-order valence-corrected chi connectivity index (χ4v) is 3.59. The van der Waals surface area contributed by atoms with Crippen molar-refractivity contribution in [2.24, 2.45) is 7.05 Å². The summed E-state index contributed by atoms with van der Waals surface area (Å²) in [5, 5.41) is 16.1. The number of benzene rings is 1. The van der Waals surface area contributed by atoms with Gasteiger partial charge < -0.3 is 15.2 Å². The van der Waals surface area contributed by atoms with Crippen LogP contribution in [-0.4, -0.2) is 26.8 Å². The van der Waals surface area contributed by atoms with E-state index in [0.29, 0.717) is 23.0 Å². The average molecular weight is 489 g/mol. The first-order valence-corrected chi connectivity index (χ1v) is 10.1. The number of ether oxygens (including phenoxy) is 1. The molecule has 2 N–H and O–H groups in total. The van der Waals surface area contributed by atoms with Gasteiger partial charge in [-0.05, 0) is 24.6 Å². The summed E-state index contributed by atoms with van der Waals surface area (Å²) in [6, 6.07) is 5.50. The van der Waals surface area contributed by atoms with Crippen molar-refractivity contribution in [1.82, 2.24) is 15.1 Å². The van der Waals surface area contributed by atoms with E-state index in [1.165, 1.54) is 31.3 Å². The van der Waals surface area contributed by atoms with Gasteiger partial charge in [0.2, 0.25) is 5.88 Å². The Kier molecular flexibility index (Phi) is 6.72. The molecule has 7 nitrogen and oxygen atoms in total. The molecule has 0 radical (unpaired) electrons. The van der Waals surface area contributed by atoms with E-state index in [1.54, 1.807) is 6.92 Å². The number of hydrogen-bond acceptors (Lipinski definition) is 5. The second-order valence-electron chi connectivity index (χ2n) is 6.86. The third-order valence-corrected chi connectivity index (χ3v) is 5.48. The van der Waals surface area contributed by atoms with Gasteiger partial charge in [0.15, 0.2) is 0 Å². The van der Waals surface area contributed by atoms with Gasteiger partial charge in [0, 0.05) is 18.5 Å². The molecule has 2 heterocycles. The summed E-state index contributed by atoms with van der Waals surface area (Å²) in [5.74, 6) is -2.88. The minimum Gasteiger partial charge on any atom is -0.478 e. The number of rotatable bonds is 7. The molecule has 0 saturated heterocycles. The number of aromatic carboxylic acids is 1. The zero-order valence-electron chi connectivity index (χ0n) is 17.0. The van der Waals surface area contributed by atoms with Crippen LogP contribution in [-0.2, 0) is 13.2 Å². The van der Waals surface area contributed by atoms with Crippen molar-refractivity contribution in [2.45, 2.75) is 25.6 Å². The normalized spacial score (nSPS) is 12.6. The third kappa shape index (κ3) is 5.30. The highest BCUT2D eigenvalue weighted by Gasteiger charge is 2.34. The molecule has 2 aromatic heterocycles. The van der Waals surface area contributed by atoms with E-state index in [1.807, 2.05) is 0 Å². The molecule has 176 valence electrons. The SMILES string of the molecule is C[C@H](NC(=O)c1c(C(F)F)nn(C)c1Oc1csc(C(F)(F)F)c1)c1ccc(C(=O)O)cc1. The summed E-state index contributed by atoms with van der Waals surface area (Å²) in [5.41, 5.74) is -1.01. The molecule has 3 aromatic rings. The van der Waals surface area contributed by atoms with E-state index in [-0.39, 0.29) is 11.3 Å². The van der Waals surface area contributed by atoms with Gasteiger partial charge in [-0.3, -0.25) is 4.79 Å². The molecule has 0 unspecified atom stereocenters. The van der Waals surface area contributed by atoms with Crippen molar-refractivity contribution >= 4 is 23.2 Å². The Labute approximate surface area is 187 Å². The van der Waals surface area contributed by atoms with Gasteiger partial charge in [-0.15, -0.1) is 11.3 Å². The highest BCUT2D eigenvalue weighted by atomic mass is 32.1. The van der Waals surface area contributed by atoms with E-state index in [9.17, 15) is 31.5 Å². The summed E-state index contributed by atoms with van der Waals surface area (Å²) in [4.78, 5) is 22.9. The van der Waals surface area contributed by atoms with Gasteiger partial charge in [0.1, 0.15) is 21.9 Å². The lowest BCUT2D eigenvalue weighted by Crippen LogP contribution is -2.27. The van der Waals surface area contributed by atoms with Crippen LogP contribution in [0.5, 0.6) is 11.6 Å². The number of hydrogen-bond donors (Lipinski definition) is 2. The van der Waals surface area contributed by atoms with E-state index < -0.39 is 52.5 Å². The molecule has 33 heavy (non-hydrogen) atoms. The molecule has 1 amide bonds. The Hall–Kier alpha value is -3.48. The van der Waals surface area contributed by atoms with Crippen LogP contribution in [0.4, 0.5) is 22.0 Å². The first kappa shape index (κ1) is 24.2. The first-order chi connectivity index (χ1) is 15.4. The maximum atomic E-state index is 13.5. The summed E-state index contributed by atoms with van der Waals surface area (Å²) < 4.78 is 71.8. The summed E-state index contributed by atoms with van der Waals surface area (Å²) in [6.07, 6.45) is -7.77. The number of aryl methyl sites for hydroxylation is 1. The number of thiophene rings is 1.